The fraction of sp³-hybridized carbons (Fsp3) is 0.714. The van der Waals surface area contributed by atoms with Crippen molar-refractivity contribution >= 4 is 5.91 Å². The first-order valence-corrected chi connectivity index (χ1v) is 7.05. The number of hydrogen-bond acceptors (Lipinski definition) is 2. The molecular formula is C14H21N3O. The largest absolute Gasteiger partial charge is 0.340 e. The highest BCUT2D eigenvalue weighted by Gasteiger charge is 2.31. The van der Waals surface area contributed by atoms with Crippen LogP contribution in [0.25, 0.3) is 0 Å². The molecule has 4 heteroatoms. The fourth-order valence-corrected chi connectivity index (χ4v) is 3.24. The van der Waals surface area contributed by atoms with Crippen LogP contribution >= 0.6 is 0 Å². The SMILES string of the molecule is CC1CCCCN1C(=O)C1CCn2cncc2C1. The molecule has 0 bridgehead atoms. The van der Waals surface area contributed by atoms with E-state index in [0.29, 0.717) is 11.9 Å². The third kappa shape index (κ3) is 2.04. The van der Waals surface area contributed by atoms with Gasteiger partial charge in [0.15, 0.2) is 0 Å². The quantitative estimate of drug-likeness (QED) is 0.759. The van der Waals surface area contributed by atoms with E-state index in [9.17, 15) is 4.79 Å². The molecule has 1 aromatic rings. The summed E-state index contributed by atoms with van der Waals surface area (Å²) in [5.41, 5.74) is 1.21. The molecule has 2 aliphatic rings. The maximum atomic E-state index is 12.6. The van der Waals surface area contributed by atoms with Gasteiger partial charge in [0.25, 0.3) is 0 Å². The van der Waals surface area contributed by atoms with Gasteiger partial charge in [-0.3, -0.25) is 4.79 Å². The summed E-state index contributed by atoms with van der Waals surface area (Å²) in [5.74, 6) is 0.546. The Kier molecular flexibility index (Phi) is 3.10. The predicted molar refractivity (Wildman–Crippen MR) is 69.1 cm³/mol. The maximum Gasteiger partial charge on any atom is 0.226 e. The molecule has 4 nitrogen and oxygen atoms in total. The van der Waals surface area contributed by atoms with Crippen molar-refractivity contribution in [3.8, 4) is 0 Å². The van der Waals surface area contributed by atoms with Crippen LogP contribution in [0.2, 0.25) is 0 Å². The summed E-state index contributed by atoms with van der Waals surface area (Å²) in [5, 5.41) is 0. The summed E-state index contributed by atoms with van der Waals surface area (Å²) in [6, 6.07) is 0.429. The lowest BCUT2D eigenvalue weighted by Crippen LogP contribution is -2.46. The molecule has 1 amide bonds. The molecule has 0 spiro atoms. The number of aryl methyl sites for hydroxylation is 1. The zero-order chi connectivity index (χ0) is 12.5. The van der Waals surface area contributed by atoms with Crippen molar-refractivity contribution in [1.29, 1.82) is 0 Å². The number of likely N-dealkylation sites (tertiary alicyclic amines) is 1. The van der Waals surface area contributed by atoms with Crippen LogP contribution in [0, 0.1) is 5.92 Å². The Morgan fingerprint density at radius 1 is 1.33 bits per heavy atom. The number of amides is 1. The van der Waals surface area contributed by atoms with E-state index >= 15 is 0 Å². The van der Waals surface area contributed by atoms with Crippen LogP contribution in [0.4, 0.5) is 0 Å². The monoisotopic (exact) mass is 247 g/mol. The number of fused-ring (bicyclic) bond motifs is 1. The Bertz CT molecular complexity index is 440. The van der Waals surface area contributed by atoms with Crippen LogP contribution < -0.4 is 0 Å². The molecule has 18 heavy (non-hydrogen) atoms. The smallest absolute Gasteiger partial charge is 0.226 e. The van der Waals surface area contributed by atoms with Crippen LogP contribution in [-0.4, -0.2) is 32.9 Å². The van der Waals surface area contributed by atoms with Gasteiger partial charge in [-0.25, -0.2) is 4.98 Å². The molecule has 98 valence electrons. The minimum atomic E-state index is 0.176. The van der Waals surface area contributed by atoms with Gasteiger partial charge in [0.05, 0.1) is 6.33 Å². The van der Waals surface area contributed by atoms with Gasteiger partial charge in [-0.1, -0.05) is 0 Å². The normalized spacial score (nSPS) is 27.9. The first-order chi connectivity index (χ1) is 8.75. The van der Waals surface area contributed by atoms with E-state index in [1.165, 1.54) is 18.5 Å². The van der Waals surface area contributed by atoms with Gasteiger partial charge < -0.3 is 9.47 Å². The topological polar surface area (TPSA) is 38.1 Å². The summed E-state index contributed by atoms with van der Waals surface area (Å²) >= 11 is 0. The second-order valence-corrected chi connectivity index (χ2v) is 5.64. The number of piperidine rings is 1. The van der Waals surface area contributed by atoms with E-state index in [1.54, 1.807) is 0 Å². The molecule has 3 heterocycles. The number of rotatable bonds is 1. The van der Waals surface area contributed by atoms with Crippen molar-refractivity contribution in [3.05, 3.63) is 18.2 Å². The van der Waals surface area contributed by atoms with Gasteiger partial charge in [0.2, 0.25) is 5.91 Å². The number of nitrogens with zero attached hydrogens (tertiary/aromatic N) is 3. The second kappa shape index (κ2) is 4.75. The van der Waals surface area contributed by atoms with Gasteiger partial charge in [-0.2, -0.15) is 0 Å². The molecule has 0 saturated carbocycles. The molecule has 2 aliphatic heterocycles. The Labute approximate surface area is 108 Å². The van der Waals surface area contributed by atoms with Crippen LogP contribution in [-0.2, 0) is 17.8 Å². The zero-order valence-electron chi connectivity index (χ0n) is 11.0. The highest BCUT2D eigenvalue weighted by molar-refractivity contribution is 5.79. The van der Waals surface area contributed by atoms with E-state index < -0.39 is 0 Å². The van der Waals surface area contributed by atoms with Crippen LogP contribution in [0.15, 0.2) is 12.5 Å². The molecule has 2 unspecified atom stereocenters. The summed E-state index contributed by atoms with van der Waals surface area (Å²) in [7, 11) is 0. The Hall–Kier alpha value is -1.32. The number of aromatic nitrogens is 2. The summed E-state index contributed by atoms with van der Waals surface area (Å²) in [6.45, 7) is 4.08. The lowest BCUT2D eigenvalue weighted by atomic mass is 9.92. The molecule has 0 aliphatic carbocycles. The average molecular weight is 247 g/mol. The minimum absolute atomic E-state index is 0.176. The molecule has 2 atom stereocenters. The molecule has 1 saturated heterocycles. The van der Waals surface area contributed by atoms with Crippen LogP contribution in [0.5, 0.6) is 0 Å². The lowest BCUT2D eigenvalue weighted by molar-refractivity contribution is -0.139. The van der Waals surface area contributed by atoms with Crippen molar-refractivity contribution in [3.63, 3.8) is 0 Å². The van der Waals surface area contributed by atoms with Crippen molar-refractivity contribution in [1.82, 2.24) is 14.5 Å². The Morgan fingerprint density at radius 2 is 2.22 bits per heavy atom. The van der Waals surface area contributed by atoms with E-state index in [-0.39, 0.29) is 5.92 Å². The summed E-state index contributed by atoms with van der Waals surface area (Å²) < 4.78 is 2.17. The first kappa shape index (κ1) is 11.8. The number of hydrogen-bond donors (Lipinski definition) is 0. The van der Waals surface area contributed by atoms with Crippen molar-refractivity contribution < 1.29 is 4.79 Å². The van der Waals surface area contributed by atoms with E-state index in [0.717, 1.165) is 32.4 Å². The van der Waals surface area contributed by atoms with Gasteiger partial charge in [0, 0.05) is 43.4 Å². The third-order valence-corrected chi connectivity index (χ3v) is 4.41. The van der Waals surface area contributed by atoms with Crippen LogP contribution in [0.1, 0.15) is 38.3 Å². The zero-order valence-corrected chi connectivity index (χ0v) is 11.0. The van der Waals surface area contributed by atoms with Crippen LogP contribution in [0.3, 0.4) is 0 Å². The Balaban J connectivity index is 1.70. The van der Waals surface area contributed by atoms with E-state index in [2.05, 4.69) is 21.4 Å². The van der Waals surface area contributed by atoms with Gasteiger partial charge in [-0.05, 0) is 32.6 Å². The number of carbonyl (C=O) groups is 1. The highest BCUT2D eigenvalue weighted by atomic mass is 16.2. The molecular weight excluding hydrogens is 226 g/mol. The summed E-state index contributed by atoms with van der Waals surface area (Å²) in [4.78, 5) is 18.9. The Morgan fingerprint density at radius 3 is 3.06 bits per heavy atom. The number of carbonyl (C=O) groups excluding carboxylic acids is 1. The second-order valence-electron chi connectivity index (χ2n) is 5.64. The maximum absolute atomic E-state index is 12.6. The summed E-state index contributed by atoms with van der Waals surface area (Å²) in [6.07, 6.45) is 9.20. The van der Waals surface area contributed by atoms with Crippen molar-refractivity contribution in [2.75, 3.05) is 6.54 Å². The molecule has 1 aromatic heterocycles. The average Bonchev–Trinajstić information content (AvgIpc) is 2.85. The first-order valence-electron chi connectivity index (χ1n) is 7.05. The molecule has 1 fully saturated rings. The van der Waals surface area contributed by atoms with Crippen molar-refractivity contribution in [2.45, 2.75) is 51.6 Å². The fourth-order valence-electron chi connectivity index (χ4n) is 3.24. The van der Waals surface area contributed by atoms with Crippen molar-refractivity contribution in [2.24, 2.45) is 5.92 Å². The number of imidazole rings is 1. The van der Waals surface area contributed by atoms with Gasteiger partial charge in [0.1, 0.15) is 0 Å². The van der Waals surface area contributed by atoms with E-state index in [4.69, 9.17) is 0 Å². The third-order valence-electron chi connectivity index (χ3n) is 4.41. The van der Waals surface area contributed by atoms with Gasteiger partial charge in [-0.15, -0.1) is 0 Å². The van der Waals surface area contributed by atoms with E-state index in [1.807, 2.05) is 12.5 Å². The molecule has 0 aromatic carbocycles. The minimum Gasteiger partial charge on any atom is -0.340 e. The molecule has 0 N–H and O–H groups in total. The lowest BCUT2D eigenvalue weighted by Gasteiger charge is -2.37. The van der Waals surface area contributed by atoms with Gasteiger partial charge >= 0.3 is 0 Å². The molecule has 3 rings (SSSR count). The standard InChI is InChI=1S/C14H21N3O/c1-11-4-2-3-6-17(11)14(18)12-5-7-16-10-15-9-13(16)8-12/h9-12H,2-8H2,1H3. The predicted octanol–water partition coefficient (Wildman–Crippen LogP) is 1.85. The highest BCUT2D eigenvalue weighted by Crippen LogP contribution is 2.25. The molecule has 0 radical (unpaired) electrons.